The summed E-state index contributed by atoms with van der Waals surface area (Å²) in [6.45, 7) is 11.2. The molecule has 0 spiro atoms. The van der Waals surface area contributed by atoms with E-state index in [0.717, 1.165) is 28.8 Å². The van der Waals surface area contributed by atoms with Crippen molar-refractivity contribution in [3.8, 4) is 0 Å². The summed E-state index contributed by atoms with van der Waals surface area (Å²) >= 11 is 0. The molecule has 0 radical (unpaired) electrons. The third kappa shape index (κ3) is 3.83. The van der Waals surface area contributed by atoms with Crippen LogP contribution in [0.1, 0.15) is 52.9 Å². The van der Waals surface area contributed by atoms with Gasteiger partial charge >= 0.3 is 0 Å². The minimum absolute atomic E-state index is 0.0888. The Morgan fingerprint density at radius 3 is 2.39 bits per heavy atom. The standard InChI is InChI=1S/C18H27NO3S/c1-6-19(16-7-8-23(21,22)11-16)10-17-12(2)9-13(3)18(14(17)4)15(5)20/h9,16H,6-8,10-11H2,1-5H3/t16-/m1/s1. The van der Waals surface area contributed by atoms with E-state index in [9.17, 15) is 13.2 Å². The quantitative estimate of drug-likeness (QED) is 0.775. The van der Waals surface area contributed by atoms with Gasteiger partial charge in [-0.25, -0.2) is 8.42 Å². The smallest absolute Gasteiger partial charge is 0.160 e. The zero-order chi connectivity index (χ0) is 17.4. The molecular formula is C18H27NO3S. The fourth-order valence-electron chi connectivity index (χ4n) is 3.78. The number of ketones is 1. The number of carbonyl (C=O) groups excluding carboxylic acids is 1. The first kappa shape index (κ1) is 18.1. The predicted octanol–water partition coefficient (Wildman–Crippen LogP) is 2.82. The summed E-state index contributed by atoms with van der Waals surface area (Å²) in [5.41, 5.74) is 5.19. The average molecular weight is 337 g/mol. The number of rotatable bonds is 5. The van der Waals surface area contributed by atoms with Crippen LogP contribution in [0.5, 0.6) is 0 Å². The molecule has 1 aromatic carbocycles. The van der Waals surface area contributed by atoms with Crippen LogP contribution in [0.2, 0.25) is 0 Å². The van der Waals surface area contributed by atoms with Crippen LogP contribution in [0.15, 0.2) is 6.07 Å². The molecule has 0 amide bonds. The van der Waals surface area contributed by atoms with Crippen LogP contribution in [0.3, 0.4) is 0 Å². The Labute approximate surface area is 139 Å². The van der Waals surface area contributed by atoms with Gasteiger partial charge < -0.3 is 0 Å². The second-order valence-electron chi connectivity index (χ2n) is 6.67. The van der Waals surface area contributed by atoms with Crippen molar-refractivity contribution in [2.24, 2.45) is 0 Å². The number of hydrogen-bond acceptors (Lipinski definition) is 4. The SMILES string of the molecule is CCN(Cc1c(C)cc(C)c(C(C)=O)c1C)[C@@H]1CCS(=O)(=O)C1. The Hall–Kier alpha value is -1.20. The summed E-state index contributed by atoms with van der Waals surface area (Å²) in [5, 5.41) is 0. The molecule has 1 aliphatic rings. The molecular weight excluding hydrogens is 310 g/mol. The van der Waals surface area contributed by atoms with E-state index < -0.39 is 9.84 Å². The first-order valence-electron chi connectivity index (χ1n) is 8.21. The van der Waals surface area contributed by atoms with Gasteiger partial charge in [0.2, 0.25) is 0 Å². The van der Waals surface area contributed by atoms with Crippen molar-refractivity contribution in [3.05, 3.63) is 33.9 Å². The van der Waals surface area contributed by atoms with Gasteiger partial charge in [0.05, 0.1) is 11.5 Å². The van der Waals surface area contributed by atoms with Gasteiger partial charge in [-0.1, -0.05) is 13.0 Å². The molecule has 0 aromatic heterocycles. The summed E-state index contributed by atoms with van der Waals surface area (Å²) in [6.07, 6.45) is 0.708. The van der Waals surface area contributed by atoms with Crippen molar-refractivity contribution in [3.63, 3.8) is 0 Å². The molecule has 4 nitrogen and oxygen atoms in total. The molecule has 0 bridgehead atoms. The number of aryl methyl sites for hydroxylation is 2. The maximum atomic E-state index is 12.0. The van der Waals surface area contributed by atoms with E-state index in [1.807, 2.05) is 13.8 Å². The van der Waals surface area contributed by atoms with Crippen molar-refractivity contribution < 1.29 is 13.2 Å². The first-order valence-corrected chi connectivity index (χ1v) is 10.0. The van der Waals surface area contributed by atoms with Gasteiger partial charge in [-0.15, -0.1) is 0 Å². The topological polar surface area (TPSA) is 54.5 Å². The van der Waals surface area contributed by atoms with Crippen molar-refractivity contribution in [1.29, 1.82) is 0 Å². The summed E-state index contributed by atoms with van der Waals surface area (Å²) in [5.74, 6) is 0.635. The number of carbonyl (C=O) groups is 1. The second-order valence-corrected chi connectivity index (χ2v) is 8.89. The average Bonchev–Trinajstić information content (AvgIpc) is 2.78. The molecule has 1 fully saturated rings. The zero-order valence-corrected chi connectivity index (χ0v) is 15.6. The van der Waals surface area contributed by atoms with Crippen molar-refractivity contribution in [2.75, 3.05) is 18.1 Å². The van der Waals surface area contributed by atoms with E-state index >= 15 is 0 Å². The molecule has 0 saturated carbocycles. The van der Waals surface area contributed by atoms with Crippen molar-refractivity contribution >= 4 is 15.6 Å². The van der Waals surface area contributed by atoms with E-state index in [-0.39, 0.29) is 17.6 Å². The molecule has 1 heterocycles. The third-order valence-electron chi connectivity index (χ3n) is 4.98. The Morgan fingerprint density at radius 1 is 1.26 bits per heavy atom. The lowest BCUT2D eigenvalue weighted by Crippen LogP contribution is -2.36. The van der Waals surface area contributed by atoms with E-state index in [1.165, 1.54) is 5.56 Å². The number of sulfone groups is 1. The molecule has 128 valence electrons. The van der Waals surface area contributed by atoms with Gasteiger partial charge in [-0.2, -0.15) is 0 Å². The van der Waals surface area contributed by atoms with Crippen LogP contribution in [0.25, 0.3) is 0 Å². The van der Waals surface area contributed by atoms with Gasteiger partial charge in [0.25, 0.3) is 0 Å². The molecule has 1 aliphatic heterocycles. The van der Waals surface area contributed by atoms with Gasteiger partial charge in [-0.3, -0.25) is 9.69 Å². The van der Waals surface area contributed by atoms with E-state index in [2.05, 4.69) is 24.8 Å². The van der Waals surface area contributed by atoms with Gasteiger partial charge in [-0.05, 0) is 62.9 Å². The molecule has 0 aliphatic carbocycles. The molecule has 1 atom stereocenters. The highest BCUT2D eigenvalue weighted by molar-refractivity contribution is 7.91. The first-order chi connectivity index (χ1) is 10.7. The minimum atomic E-state index is -2.89. The molecule has 5 heteroatoms. The Bertz CT molecular complexity index is 722. The fraction of sp³-hybridized carbons (Fsp3) is 0.611. The number of Topliss-reactive ketones (excluding diaryl/α,β-unsaturated/α-hetero) is 1. The minimum Gasteiger partial charge on any atom is -0.295 e. The highest BCUT2D eigenvalue weighted by Gasteiger charge is 2.32. The summed E-state index contributed by atoms with van der Waals surface area (Å²) in [7, 11) is -2.89. The molecule has 2 rings (SSSR count). The van der Waals surface area contributed by atoms with Crippen LogP contribution in [0.4, 0.5) is 0 Å². The van der Waals surface area contributed by atoms with Crippen molar-refractivity contribution in [2.45, 2.75) is 53.6 Å². The molecule has 1 aromatic rings. The molecule has 23 heavy (non-hydrogen) atoms. The third-order valence-corrected chi connectivity index (χ3v) is 6.73. The van der Waals surface area contributed by atoms with Crippen LogP contribution >= 0.6 is 0 Å². The highest BCUT2D eigenvalue weighted by atomic mass is 32.2. The van der Waals surface area contributed by atoms with Crippen LogP contribution in [0, 0.1) is 20.8 Å². The normalized spacial score (nSPS) is 20.2. The van der Waals surface area contributed by atoms with Gasteiger partial charge in [0.1, 0.15) is 0 Å². The largest absolute Gasteiger partial charge is 0.295 e. The lowest BCUT2D eigenvalue weighted by Gasteiger charge is -2.29. The zero-order valence-electron chi connectivity index (χ0n) is 14.8. The fourth-order valence-corrected chi connectivity index (χ4v) is 5.54. The van der Waals surface area contributed by atoms with Crippen LogP contribution < -0.4 is 0 Å². The Morgan fingerprint density at radius 2 is 1.91 bits per heavy atom. The Balaban J connectivity index is 2.35. The van der Waals surface area contributed by atoms with Crippen molar-refractivity contribution in [1.82, 2.24) is 4.90 Å². The summed E-state index contributed by atoms with van der Waals surface area (Å²) in [6, 6.07) is 2.16. The lowest BCUT2D eigenvalue weighted by atomic mass is 9.91. The second kappa shape index (κ2) is 6.73. The Kier molecular flexibility index (Phi) is 5.31. The van der Waals surface area contributed by atoms with Gasteiger partial charge in [0, 0.05) is 18.2 Å². The number of benzene rings is 1. The lowest BCUT2D eigenvalue weighted by molar-refractivity contribution is 0.101. The van der Waals surface area contributed by atoms with Gasteiger partial charge in [0.15, 0.2) is 15.6 Å². The number of hydrogen-bond donors (Lipinski definition) is 0. The van der Waals surface area contributed by atoms with E-state index in [4.69, 9.17) is 0 Å². The maximum absolute atomic E-state index is 12.0. The highest BCUT2D eigenvalue weighted by Crippen LogP contribution is 2.26. The monoisotopic (exact) mass is 337 g/mol. The molecule has 0 unspecified atom stereocenters. The van der Waals surface area contributed by atoms with Crippen LogP contribution in [-0.2, 0) is 16.4 Å². The van der Waals surface area contributed by atoms with Crippen LogP contribution in [-0.4, -0.2) is 43.2 Å². The predicted molar refractivity (Wildman–Crippen MR) is 93.8 cm³/mol. The maximum Gasteiger partial charge on any atom is 0.160 e. The number of nitrogens with zero attached hydrogens (tertiary/aromatic N) is 1. The summed E-state index contributed by atoms with van der Waals surface area (Å²) in [4.78, 5) is 14.2. The molecule has 0 N–H and O–H groups in total. The summed E-state index contributed by atoms with van der Waals surface area (Å²) < 4.78 is 23.5. The molecule has 1 saturated heterocycles. The van der Waals surface area contributed by atoms with E-state index in [0.29, 0.717) is 18.7 Å². The van der Waals surface area contributed by atoms with E-state index in [1.54, 1.807) is 6.92 Å².